The van der Waals surface area contributed by atoms with Crippen molar-refractivity contribution in [2.24, 2.45) is 0 Å². The molecule has 20 heavy (non-hydrogen) atoms. The van der Waals surface area contributed by atoms with Gasteiger partial charge < -0.3 is 0 Å². The maximum Gasteiger partial charge on any atom is 0.805 e. The van der Waals surface area contributed by atoms with E-state index >= 15 is 0 Å². The molecule has 2 aromatic carbocycles. The van der Waals surface area contributed by atoms with Gasteiger partial charge in [-0.05, 0) is 24.3 Å². The largest absolute Gasteiger partial charge is 0.805 e. The molecule has 0 bridgehead atoms. The fourth-order valence-electron chi connectivity index (χ4n) is 1.56. The van der Waals surface area contributed by atoms with Crippen LogP contribution in [-0.2, 0) is 9.13 Å². The van der Waals surface area contributed by atoms with Crippen LogP contribution in [-0.4, -0.2) is 0 Å². The number of rotatable bonds is 0. The zero-order valence-corrected chi connectivity index (χ0v) is 11.8. The predicted molar refractivity (Wildman–Crippen MR) is 70.6 cm³/mol. The molecule has 0 spiro atoms. The molecule has 0 N–H and O–H groups in total. The molecule has 0 unspecified atom stereocenters. The van der Waals surface area contributed by atoms with Gasteiger partial charge in [-0.15, -0.1) is 0 Å². The molecule has 0 atom stereocenters. The van der Waals surface area contributed by atoms with Gasteiger partial charge in [0.25, 0.3) is 0 Å². The van der Waals surface area contributed by atoms with Gasteiger partial charge in [-0.3, -0.25) is 0 Å². The molecule has 100 valence electrons. The highest BCUT2D eigenvalue weighted by Gasteiger charge is 2.36. The van der Waals surface area contributed by atoms with E-state index in [9.17, 15) is 9.13 Å². The lowest BCUT2D eigenvalue weighted by molar-refractivity contribution is 0.368. The van der Waals surface area contributed by atoms with Crippen molar-refractivity contribution in [3.8, 4) is 23.0 Å². The first-order chi connectivity index (χ1) is 9.72. The van der Waals surface area contributed by atoms with Gasteiger partial charge in [0.1, 0.15) is 0 Å². The summed E-state index contributed by atoms with van der Waals surface area (Å²) in [6.07, 6.45) is 0. The number of hydrogen-bond acceptors (Lipinski definition) is 6. The van der Waals surface area contributed by atoms with Crippen LogP contribution in [0.15, 0.2) is 48.5 Å². The third-order valence-electron chi connectivity index (χ3n) is 2.39. The van der Waals surface area contributed by atoms with Gasteiger partial charge in [0.05, 0.1) is 0 Å². The molecule has 0 amide bonds. The maximum absolute atomic E-state index is 11.8. The lowest BCUT2D eigenvalue weighted by Crippen LogP contribution is -1.97. The highest BCUT2D eigenvalue weighted by atomic mass is 31.1. The van der Waals surface area contributed by atoms with Crippen LogP contribution in [0.4, 0.5) is 0 Å². The first kappa shape index (κ1) is 12.9. The van der Waals surface area contributed by atoms with Crippen LogP contribution in [0.3, 0.4) is 0 Å². The Morgan fingerprint density at radius 1 is 0.550 bits per heavy atom. The van der Waals surface area contributed by atoms with Crippen molar-refractivity contribution in [2.75, 3.05) is 0 Å². The van der Waals surface area contributed by atoms with Crippen molar-refractivity contribution >= 4 is 16.5 Å². The van der Waals surface area contributed by atoms with E-state index in [4.69, 9.17) is 18.1 Å². The molecule has 1 heterocycles. The van der Waals surface area contributed by atoms with E-state index in [1.807, 2.05) is 0 Å². The van der Waals surface area contributed by atoms with Gasteiger partial charge in [-0.1, -0.05) is 24.3 Å². The molecule has 1 aliphatic heterocycles. The minimum atomic E-state index is -2.46. The molecule has 0 saturated carbocycles. The summed E-state index contributed by atoms with van der Waals surface area (Å²) in [6, 6.07) is 12.8. The SMILES string of the molecule is O=[P+]1Oc2ccccc2O[P+](=O)Oc2ccccc2O1. The van der Waals surface area contributed by atoms with E-state index in [0.29, 0.717) is 0 Å². The number of para-hydroxylation sites is 4. The summed E-state index contributed by atoms with van der Waals surface area (Å²) < 4.78 is 44.3. The van der Waals surface area contributed by atoms with Gasteiger partial charge in [-0.25, -0.2) is 18.1 Å². The van der Waals surface area contributed by atoms with Crippen LogP contribution in [0, 0.1) is 0 Å². The molecule has 0 aromatic heterocycles. The highest BCUT2D eigenvalue weighted by molar-refractivity contribution is 7.35. The van der Waals surface area contributed by atoms with Crippen LogP contribution in [0.1, 0.15) is 0 Å². The molecule has 0 saturated heterocycles. The van der Waals surface area contributed by atoms with Crippen LogP contribution in [0.5, 0.6) is 23.0 Å². The van der Waals surface area contributed by atoms with E-state index in [0.717, 1.165) is 0 Å². The first-order valence-electron chi connectivity index (χ1n) is 5.57. The topological polar surface area (TPSA) is 71.1 Å². The fraction of sp³-hybridized carbons (Fsp3) is 0. The zero-order valence-electron chi connectivity index (χ0n) is 9.96. The van der Waals surface area contributed by atoms with E-state index < -0.39 is 16.5 Å². The minimum absolute atomic E-state index is 0.167. The lowest BCUT2D eigenvalue weighted by atomic mass is 10.3. The third-order valence-corrected chi connectivity index (χ3v) is 3.77. The summed E-state index contributed by atoms with van der Waals surface area (Å²) in [5.74, 6) is 0.666. The Hall–Kier alpha value is -2.16. The van der Waals surface area contributed by atoms with Crippen molar-refractivity contribution in [3.63, 3.8) is 0 Å². The maximum atomic E-state index is 11.8. The third kappa shape index (κ3) is 2.72. The Labute approximate surface area is 116 Å². The van der Waals surface area contributed by atoms with Crippen molar-refractivity contribution in [2.45, 2.75) is 0 Å². The predicted octanol–water partition coefficient (Wildman–Crippen LogP) is 4.23. The van der Waals surface area contributed by atoms with Crippen LogP contribution >= 0.6 is 16.5 Å². The van der Waals surface area contributed by atoms with Crippen LogP contribution in [0.2, 0.25) is 0 Å². The lowest BCUT2D eigenvalue weighted by Gasteiger charge is -2.02. The summed E-state index contributed by atoms with van der Waals surface area (Å²) in [7, 11) is -4.91. The first-order valence-corrected chi connectivity index (χ1v) is 7.76. The zero-order chi connectivity index (χ0) is 13.9. The number of benzene rings is 2. The van der Waals surface area contributed by atoms with Crippen LogP contribution < -0.4 is 18.1 Å². The van der Waals surface area contributed by atoms with Crippen LogP contribution in [0.25, 0.3) is 0 Å². The Bertz CT molecular complexity index is 574. The van der Waals surface area contributed by atoms with Crippen molar-refractivity contribution < 1.29 is 27.2 Å². The normalized spacial score (nSPS) is 17.4. The Morgan fingerprint density at radius 3 is 1.05 bits per heavy atom. The van der Waals surface area contributed by atoms with Gasteiger partial charge in [0, 0.05) is 9.13 Å². The van der Waals surface area contributed by atoms with Crippen molar-refractivity contribution in [3.05, 3.63) is 48.5 Å². The summed E-state index contributed by atoms with van der Waals surface area (Å²) >= 11 is 0. The molecular weight excluding hydrogens is 302 g/mol. The second kappa shape index (κ2) is 5.45. The summed E-state index contributed by atoms with van der Waals surface area (Å²) in [6.45, 7) is 0. The Kier molecular flexibility index (Phi) is 3.50. The Balaban J connectivity index is 2.00. The second-order valence-electron chi connectivity index (χ2n) is 3.71. The molecule has 0 fully saturated rings. The molecule has 6 nitrogen and oxygen atoms in total. The summed E-state index contributed by atoms with van der Waals surface area (Å²) in [5, 5.41) is 0. The van der Waals surface area contributed by atoms with Gasteiger partial charge in [0.15, 0.2) is 0 Å². The number of fused-ring (bicyclic) bond motifs is 2. The minimum Gasteiger partial charge on any atom is -0.218 e. The van der Waals surface area contributed by atoms with Crippen molar-refractivity contribution in [1.82, 2.24) is 0 Å². The molecule has 0 radical (unpaired) electrons. The van der Waals surface area contributed by atoms with Crippen molar-refractivity contribution in [1.29, 1.82) is 0 Å². The Morgan fingerprint density at radius 2 is 0.800 bits per heavy atom. The summed E-state index contributed by atoms with van der Waals surface area (Å²) in [4.78, 5) is 0. The smallest absolute Gasteiger partial charge is 0.218 e. The quantitative estimate of drug-likeness (QED) is 0.678. The average molecular weight is 310 g/mol. The average Bonchev–Trinajstić information content (AvgIpc) is 2.43. The molecular formula is C12H8O6P2+2. The number of hydrogen-bond donors (Lipinski definition) is 0. The molecule has 8 heteroatoms. The van der Waals surface area contributed by atoms with E-state index in [1.54, 1.807) is 24.3 Å². The monoisotopic (exact) mass is 310 g/mol. The molecule has 1 aliphatic rings. The summed E-state index contributed by atoms with van der Waals surface area (Å²) in [5.41, 5.74) is 0. The fourth-order valence-corrected chi connectivity index (χ4v) is 2.88. The van der Waals surface area contributed by atoms with E-state index in [-0.39, 0.29) is 23.0 Å². The standard InChI is InChI=1S/C12H8O6P2/c13-19-15-9-5-1-2-6-10(9)16-20(14)18-12-8-4-3-7-11(12)17-19/h1-8H/q+2. The molecule has 2 aromatic rings. The van der Waals surface area contributed by atoms with Gasteiger partial charge >= 0.3 is 16.5 Å². The van der Waals surface area contributed by atoms with E-state index in [1.165, 1.54) is 24.3 Å². The highest BCUT2D eigenvalue weighted by Crippen LogP contribution is 2.45. The second-order valence-corrected chi connectivity index (χ2v) is 5.33. The van der Waals surface area contributed by atoms with E-state index in [2.05, 4.69) is 0 Å². The van der Waals surface area contributed by atoms with Gasteiger partial charge in [-0.2, -0.15) is 0 Å². The molecule has 0 aliphatic carbocycles. The van der Waals surface area contributed by atoms with Gasteiger partial charge in [0.2, 0.25) is 23.0 Å². The molecule has 3 rings (SSSR count).